The van der Waals surface area contributed by atoms with Gasteiger partial charge in [-0.1, -0.05) is 24.3 Å². The molecule has 0 amide bonds. The van der Waals surface area contributed by atoms with Gasteiger partial charge in [0.15, 0.2) is 5.78 Å². The van der Waals surface area contributed by atoms with E-state index >= 15 is 0 Å². The summed E-state index contributed by atoms with van der Waals surface area (Å²) in [7, 11) is 0. The van der Waals surface area contributed by atoms with Crippen LogP contribution in [0, 0.1) is 0 Å². The first-order chi connectivity index (χ1) is 5.98. The summed E-state index contributed by atoms with van der Waals surface area (Å²) in [6.45, 7) is 1.61. The summed E-state index contributed by atoms with van der Waals surface area (Å²) in [6.07, 6.45) is 6.78. The number of carbonyl (C=O) groups is 1. The number of carbonyl (C=O) groups excluding carboxylic acids is 1. The summed E-state index contributed by atoms with van der Waals surface area (Å²) in [4.78, 5) is 11.6. The SMILES string of the molecule is CC(N)C(=O)C1(N)C=CC=CC1N. The van der Waals surface area contributed by atoms with E-state index in [-0.39, 0.29) is 5.78 Å². The molecular weight excluding hydrogens is 166 g/mol. The van der Waals surface area contributed by atoms with E-state index < -0.39 is 17.6 Å². The number of hydrogen-bond acceptors (Lipinski definition) is 4. The lowest BCUT2D eigenvalue weighted by Crippen LogP contribution is -2.63. The minimum Gasteiger partial charge on any atom is -0.322 e. The molecule has 3 unspecified atom stereocenters. The standard InChI is InChI=1S/C9H15N3O/c1-6(10)8(13)9(12)5-3-2-4-7(9)11/h2-7H,10-12H2,1H3. The summed E-state index contributed by atoms with van der Waals surface area (Å²) in [5.74, 6) is -0.236. The van der Waals surface area contributed by atoms with Gasteiger partial charge < -0.3 is 17.2 Å². The third-order valence-corrected chi connectivity index (χ3v) is 2.19. The van der Waals surface area contributed by atoms with Gasteiger partial charge in [-0.05, 0) is 6.92 Å². The monoisotopic (exact) mass is 181 g/mol. The molecule has 3 atom stereocenters. The molecule has 0 aliphatic heterocycles. The van der Waals surface area contributed by atoms with Crippen molar-refractivity contribution in [3.8, 4) is 0 Å². The summed E-state index contributed by atoms with van der Waals surface area (Å²) in [6, 6.07) is -1.08. The fourth-order valence-electron chi connectivity index (χ4n) is 1.31. The molecule has 1 aliphatic carbocycles. The van der Waals surface area contributed by atoms with E-state index in [9.17, 15) is 4.79 Å². The molecule has 0 saturated carbocycles. The lowest BCUT2D eigenvalue weighted by molar-refractivity contribution is -0.123. The van der Waals surface area contributed by atoms with E-state index in [0.29, 0.717) is 0 Å². The second-order valence-electron chi connectivity index (χ2n) is 3.36. The highest BCUT2D eigenvalue weighted by Gasteiger charge is 2.38. The molecule has 0 aromatic rings. The highest BCUT2D eigenvalue weighted by molar-refractivity contribution is 5.95. The molecule has 6 N–H and O–H groups in total. The maximum Gasteiger partial charge on any atom is 0.174 e. The largest absolute Gasteiger partial charge is 0.322 e. The Morgan fingerprint density at radius 3 is 2.62 bits per heavy atom. The van der Waals surface area contributed by atoms with E-state index in [1.165, 1.54) is 0 Å². The lowest BCUT2D eigenvalue weighted by Gasteiger charge is -2.32. The number of nitrogens with two attached hydrogens (primary N) is 3. The van der Waals surface area contributed by atoms with Gasteiger partial charge >= 0.3 is 0 Å². The maximum absolute atomic E-state index is 11.6. The average molecular weight is 181 g/mol. The maximum atomic E-state index is 11.6. The molecule has 1 aliphatic rings. The van der Waals surface area contributed by atoms with Gasteiger partial charge in [0.1, 0.15) is 5.54 Å². The highest BCUT2D eigenvalue weighted by Crippen LogP contribution is 2.16. The second kappa shape index (κ2) is 3.41. The Bertz CT molecular complexity index is 270. The average Bonchev–Trinajstić information content (AvgIpc) is 2.09. The van der Waals surface area contributed by atoms with Crippen LogP contribution < -0.4 is 17.2 Å². The van der Waals surface area contributed by atoms with Crippen molar-refractivity contribution in [2.45, 2.75) is 24.5 Å². The van der Waals surface area contributed by atoms with E-state index in [1.54, 1.807) is 31.2 Å². The molecule has 13 heavy (non-hydrogen) atoms. The van der Waals surface area contributed by atoms with E-state index in [0.717, 1.165) is 0 Å². The van der Waals surface area contributed by atoms with Gasteiger partial charge in [-0.15, -0.1) is 0 Å². The Morgan fingerprint density at radius 2 is 2.15 bits per heavy atom. The Morgan fingerprint density at radius 1 is 1.54 bits per heavy atom. The number of hydrogen-bond donors (Lipinski definition) is 3. The predicted molar refractivity (Wildman–Crippen MR) is 51.8 cm³/mol. The number of allylic oxidation sites excluding steroid dienone is 2. The molecule has 0 radical (unpaired) electrons. The van der Waals surface area contributed by atoms with Crippen LogP contribution in [0.1, 0.15) is 6.92 Å². The molecule has 1 rings (SSSR count). The third-order valence-electron chi connectivity index (χ3n) is 2.19. The zero-order valence-corrected chi connectivity index (χ0v) is 7.60. The minimum absolute atomic E-state index is 0.236. The van der Waals surface area contributed by atoms with E-state index in [4.69, 9.17) is 17.2 Å². The van der Waals surface area contributed by atoms with Crippen molar-refractivity contribution in [1.29, 1.82) is 0 Å². The van der Waals surface area contributed by atoms with Crippen LogP contribution in [0.15, 0.2) is 24.3 Å². The summed E-state index contributed by atoms with van der Waals surface area (Å²) in [5, 5.41) is 0. The Hall–Kier alpha value is -0.970. The molecule has 0 bridgehead atoms. The van der Waals surface area contributed by atoms with Gasteiger partial charge in [-0.3, -0.25) is 4.79 Å². The first-order valence-corrected chi connectivity index (χ1v) is 4.19. The van der Waals surface area contributed by atoms with Crippen molar-refractivity contribution >= 4 is 5.78 Å². The van der Waals surface area contributed by atoms with Crippen molar-refractivity contribution in [3.63, 3.8) is 0 Å². The topological polar surface area (TPSA) is 95.1 Å². The number of ketones is 1. The zero-order valence-electron chi connectivity index (χ0n) is 7.60. The minimum atomic E-state index is -1.14. The molecule has 0 heterocycles. The van der Waals surface area contributed by atoms with Crippen LogP contribution in [0.4, 0.5) is 0 Å². The Labute approximate surface area is 77.5 Å². The van der Waals surface area contributed by atoms with Crippen molar-refractivity contribution in [3.05, 3.63) is 24.3 Å². The van der Waals surface area contributed by atoms with Crippen LogP contribution >= 0.6 is 0 Å². The van der Waals surface area contributed by atoms with Gasteiger partial charge in [-0.25, -0.2) is 0 Å². The van der Waals surface area contributed by atoms with Gasteiger partial charge in [0.2, 0.25) is 0 Å². The first-order valence-electron chi connectivity index (χ1n) is 4.19. The van der Waals surface area contributed by atoms with Crippen LogP contribution in [-0.4, -0.2) is 23.4 Å². The van der Waals surface area contributed by atoms with Crippen LogP contribution in [0.3, 0.4) is 0 Å². The van der Waals surface area contributed by atoms with Gasteiger partial charge in [0.25, 0.3) is 0 Å². The fourth-order valence-corrected chi connectivity index (χ4v) is 1.31. The Balaban J connectivity index is 2.93. The normalized spacial score (nSPS) is 34.6. The lowest BCUT2D eigenvalue weighted by atomic mass is 9.81. The Kier molecular flexibility index (Phi) is 2.66. The fraction of sp³-hybridized carbons (Fsp3) is 0.444. The molecule has 0 aromatic carbocycles. The van der Waals surface area contributed by atoms with Crippen molar-refractivity contribution < 1.29 is 4.79 Å². The summed E-state index contributed by atoms with van der Waals surface area (Å²) >= 11 is 0. The number of Topliss-reactive ketones (excluding diaryl/α,β-unsaturated/α-hetero) is 1. The molecule has 72 valence electrons. The predicted octanol–water partition coefficient (Wildman–Crippen LogP) is -0.946. The van der Waals surface area contributed by atoms with Gasteiger partial charge in [0.05, 0.1) is 12.1 Å². The highest BCUT2D eigenvalue weighted by atomic mass is 16.1. The summed E-state index contributed by atoms with van der Waals surface area (Å²) in [5.41, 5.74) is 15.9. The molecule has 0 saturated heterocycles. The van der Waals surface area contributed by atoms with Crippen LogP contribution in [0.25, 0.3) is 0 Å². The first kappa shape index (κ1) is 10.1. The van der Waals surface area contributed by atoms with Crippen molar-refractivity contribution in [2.24, 2.45) is 17.2 Å². The van der Waals surface area contributed by atoms with Crippen LogP contribution in [0.5, 0.6) is 0 Å². The van der Waals surface area contributed by atoms with Gasteiger partial charge in [-0.2, -0.15) is 0 Å². The smallest absolute Gasteiger partial charge is 0.174 e. The van der Waals surface area contributed by atoms with Crippen LogP contribution in [0.2, 0.25) is 0 Å². The quantitative estimate of drug-likeness (QED) is 0.512. The van der Waals surface area contributed by atoms with Crippen molar-refractivity contribution in [2.75, 3.05) is 0 Å². The molecule has 4 heteroatoms. The molecular formula is C9H15N3O. The number of rotatable bonds is 2. The van der Waals surface area contributed by atoms with E-state index in [1.807, 2.05) is 0 Å². The van der Waals surface area contributed by atoms with Crippen LogP contribution in [-0.2, 0) is 4.79 Å². The van der Waals surface area contributed by atoms with Gasteiger partial charge in [0, 0.05) is 0 Å². The molecule has 0 fully saturated rings. The molecule has 4 nitrogen and oxygen atoms in total. The molecule has 0 aromatic heterocycles. The van der Waals surface area contributed by atoms with E-state index in [2.05, 4.69) is 0 Å². The third kappa shape index (κ3) is 1.70. The van der Waals surface area contributed by atoms with Crippen molar-refractivity contribution in [1.82, 2.24) is 0 Å². The second-order valence-corrected chi connectivity index (χ2v) is 3.36. The summed E-state index contributed by atoms with van der Waals surface area (Å²) < 4.78 is 0. The zero-order chi connectivity index (χ0) is 10.1. The molecule has 0 spiro atoms.